The molecule has 20 heavy (non-hydrogen) atoms. The lowest BCUT2D eigenvalue weighted by atomic mass is 10.2. The van der Waals surface area contributed by atoms with Crippen molar-refractivity contribution in [3.05, 3.63) is 34.8 Å². The van der Waals surface area contributed by atoms with Crippen molar-refractivity contribution in [3.63, 3.8) is 0 Å². The van der Waals surface area contributed by atoms with Crippen molar-refractivity contribution in [2.75, 3.05) is 11.9 Å². The number of ether oxygens (including phenoxy) is 1. The molecule has 6 heteroatoms. The van der Waals surface area contributed by atoms with E-state index in [9.17, 15) is 4.79 Å². The van der Waals surface area contributed by atoms with E-state index in [1.165, 1.54) is 16.9 Å². The number of aromatic nitrogens is 2. The number of carbonyl (C=O) groups is 1. The minimum absolute atomic E-state index is 0.0521. The molecule has 0 fully saturated rings. The van der Waals surface area contributed by atoms with Crippen LogP contribution in [0.2, 0.25) is 0 Å². The zero-order valence-corrected chi connectivity index (χ0v) is 12.4. The van der Waals surface area contributed by atoms with Crippen molar-refractivity contribution < 1.29 is 9.53 Å². The number of anilines is 1. The molecule has 2 rings (SSSR count). The number of carbonyl (C=O) groups excluding carboxylic acids is 1. The molecule has 0 unspecified atom stereocenters. The summed E-state index contributed by atoms with van der Waals surface area (Å²) >= 11 is 1.38. The number of hydrogen-bond acceptors (Lipinski definition) is 5. The molecule has 0 aliphatic heterocycles. The average molecular weight is 291 g/mol. The zero-order valence-electron chi connectivity index (χ0n) is 11.5. The van der Waals surface area contributed by atoms with Crippen LogP contribution in [0.4, 0.5) is 5.13 Å². The second kappa shape index (κ2) is 7.00. The smallest absolute Gasteiger partial charge is 0.225 e. The maximum absolute atomic E-state index is 11.2. The van der Waals surface area contributed by atoms with Crippen LogP contribution in [0.5, 0.6) is 5.75 Å². The van der Waals surface area contributed by atoms with E-state index in [0.29, 0.717) is 24.6 Å². The molecule has 0 radical (unpaired) electrons. The molecule has 1 amide bonds. The van der Waals surface area contributed by atoms with Crippen LogP contribution in [0, 0.1) is 6.92 Å². The zero-order chi connectivity index (χ0) is 14.4. The fourth-order valence-electron chi connectivity index (χ4n) is 1.57. The normalized spacial score (nSPS) is 10.3. The van der Waals surface area contributed by atoms with Gasteiger partial charge in [-0.3, -0.25) is 4.79 Å². The number of hydrogen-bond donors (Lipinski definition) is 1. The van der Waals surface area contributed by atoms with Gasteiger partial charge in [0.25, 0.3) is 0 Å². The average Bonchev–Trinajstić information content (AvgIpc) is 2.86. The third-order valence-electron chi connectivity index (χ3n) is 2.61. The van der Waals surface area contributed by atoms with E-state index in [-0.39, 0.29) is 5.91 Å². The fourth-order valence-corrected chi connectivity index (χ4v) is 2.31. The van der Waals surface area contributed by atoms with Crippen molar-refractivity contribution in [1.29, 1.82) is 0 Å². The Hall–Kier alpha value is -1.95. The monoisotopic (exact) mass is 291 g/mol. The summed E-state index contributed by atoms with van der Waals surface area (Å²) in [6.07, 6.45) is 1.11. The van der Waals surface area contributed by atoms with Crippen LogP contribution < -0.4 is 10.1 Å². The number of nitrogens with one attached hydrogen (secondary N) is 1. The van der Waals surface area contributed by atoms with Crippen LogP contribution in [0.15, 0.2) is 24.3 Å². The minimum atomic E-state index is -0.0521. The van der Waals surface area contributed by atoms with Gasteiger partial charge >= 0.3 is 0 Å². The van der Waals surface area contributed by atoms with Crippen molar-refractivity contribution in [1.82, 2.24) is 10.2 Å². The summed E-state index contributed by atoms with van der Waals surface area (Å²) in [5.74, 6) is 0.803. The molecule has 5 nitrogen and oxygen atoms in total. The summed E-state index contributed by atoms with van der Waals surface area (Å²) in [6, 6.07) is 7.92. The van der Waals surface area contributed by atoms with Gasteiger partial charge in [0.1, 0.15) is 10.8 Å². The molecule has 0 spiro atoms. The first-order valence-electron chi connectivity index (χ1n) is 6.49. The summed E-state index contributed by atoms with van der Waals surface area (Å²) in [5, 5.41) is 12.0. The third-order valence-corrected chi connectivity index (χ3v) is 3.51. The Morgan fingerprint density at radius 3 is 3.00 bits per heavy atom. The maximum atomic E-state index is 11.2. The number of nitrogens with zero attached hydrogens (tertiary/aromatic N) is 2. The molecular formula is C14H17N3O2S. The van der Waals surface area contributed by atoms with Gasteiger partial charge in [-0.25, -0.2) is 0 Å². The standard InChI is InChI=1S/C14H17N3O2S/c1-3-12(18)15-14-17-16-13(20-14)7-8-19-11-6-4-5-10(2)9-11/h4-6,9H,3,7-8H2,1-2H3,(H,15,17,18). The van der Waals surface area contributed by atoms with Gasteiger partial charge in [0.05, 0.1) is 6.61 Å². The molecule has 0 bridgehead atoms. The molecule has 0 aliphatic rings. The van der Waals surface area contributed by atoms with Crippen LogP contribution in [-0.2, 0) is 11.2 Å². The van der Waals surface area contributed by atoms with Gasteiger partial charge in [-0.05, 0) is 24.6 Å². The predicted molar refractivity (Wildman–Crippen MR) is 79.2 cm³/mol. The molecule has 1 aromatic carbocycles. The van der Waals surface area contributed by atoms with Gasteiger partial charge in [-0.1, -0.05) is 30.4 Å². The summed E-state index contributed by atoms with van der Waals surface area (Å²) in [7, 11) is 0. The molecule has 0 atom stereocenters. The van der Waals surface area contributed by atoms with E-state index >= 15 is 0 Å². The van der Waals surface area contributed by atoms with Crippen LogP contribution in [0.25, 0.3) is 0 Å². The summed E-state index contributed by atoms with van der Waals surface area (Å²) < 4.78 is 5.65. The predicted octanol–water partition coefficient (Wildman–Crippen LogP) is 2.82. The lowest BCUT2D eigenvalue weighted by Gasteiger charge is -2.04. The highest BCUT2D eigenvalue weighted by molar-refractivity contribution is 7.15. The molecule has 0 saturated heterocycles. The van der Waals surface area contributed by atoms with E-state index in [1.807, 2.05) is 31.2 Å². The van der Waals surface area contributed by atoms with Crippen LogP contribution >= 0.6 is 11.3 Å². The van der Waals surface area contributed by atoms with Gasteiger partial charge in [-0.15, -0.1) is 10.2 Å². The van der Waals surface area contributed by atoms with Crippen molar-refractivity contribution in [3.8, 4) is 5.75 Å². The maximum Gasteiger partial charge on any atom is 0.225 e. The lowest BCUT2D eigenvalue weighted by molar-refractivity contribution is -0.115. The van der Waals surface area contributed by atoms with E-state index in [0.717, 1.165) is 10.8 Å². The quantitative estimate of drug-likeness (QED) is 0.889. The molecular weight excluding hydrogens is 274 g/mol. The van der Waals surface area contributed by atoms with Gasteiger partial charge in [0.15, 0.2) is 0 Å². The minimum Gasteiger partial charge on any atom is -0.493 e. The number of amides is 1. The molecule has 1 aromatic heterocycles. The van der Waals surface area contributed by atoms with Gasteiger partial charge < -0.3 is 10.1 Å². The summed E-state index contributed by atoms with van der Waals surface area (Å²) in [5.41, 5.74) is 1.17. The van der Waals surface area contributed by atoms with E-state index in [1.54, 1.807) is 6.92 Å². The largest absolute Gasteiger partial charge is 0.493 e. The highest BCUT2D eigenvalue weighted by Gasteiger charge is 2.06. The van der Waals surface area contributed by atoms with Crippen LogP contribution in [-0.4, -0.2) is 22.7 Å². The highest BCUT2D eigenvalue weighted by Crippen LogP contribution is 2.17. The van der Waals surface area contributed by atoms with Gasteiger partial charge in [0.2, 0.25) is 11.0 Å². The van der Waals surface area contributed by atoms with Crippen molar-refractivity contribution >= 4 is 22.4 Å². The van der Waals surface area contributed by atoms with Crippen molar-refractivity contribution in [2.24, 2.45) is 0 Å². The number of aryl methyl sites for hydroxylation is 1. The van der Waals surface area contributed by atoms with E-state index in [4.69, 9.17) is 4.74 Å². The van der Waals surface area contributed by atoms with Crippen LogP contribution in [0.3, 0.4) is 0 Å². The lowest BCUT2D eigenvalue weighted by Crippen LogP contribution is -2.08. The molecule has 0 saturated carbocycles. The van der Waals surface area contributed by atoms with E-state index < -0.39 is 0 Å². The van der Waals surface area contributed by atoms with Crippen LogP contribution in [0.1, 0.15) is 23.9 Å². The first-order chi connectivity index (χ1) is 9.67. The number of benzene rings is 1. The molecule has 1 N–H and O–H groups in total. The van der Waals surface area contributed by atoms with Gasteiger partial charge in [0, 0.05) is 12.8 Å². The molecule has 1 heterocycles. The first kappa shape index (κ1) is 14.5. The summed E-state index contributed by atoms with van der Waals surface area (Å²) in [4.78, 5) is 11.2. The topological polar surface area (TPSA) is 64.1 Å². The molecule has 0 aliphatic carbocycles. The molecule has 106 valence electrons. The SMILES string of the molecule is CCC(=O)Nc1nnc(CCOc2cccc(C)c2)s1. The van der Waals surface area contributed by atoms with E-state index in [2.05, 4.69) is 15.5 Å². The van der Waals surface area contributed by atoms with Gasteiger partial charge in [-0.2, -0.15) is 0 Å². The Morgan fingerprint density at radius 1 is 1.40 bits per heavy atom. The Balaban J connectivity index is 1.81. The van der Waals surface area contributed by atoms with Crippen molar-refractivity contribution in [2.45, 2.75) is 26.7 Å². The number of rotatable bonds is 6. The Kier molecular flexibility index (Phi) is 5.06. The fraction of sp³-hybridized carbons (Fsp3) is 0.357. The highest BCUT2D eigenvalue weighted by atomic mass is 32.1. The Bertz CT molecular complexity index is 583. The molecule has 2 aromatic rings. The second-order valence-electron chi connectivity index (χ2n) is 4.32. The first-order valence-corrected chi connectivity index (χ1v) is 7.30. The summed E-state index contributed by atoms with van der Waals surface area (Å²) in [6.45, 7) is 4.37. The Labute approximate surface area is 122 Å². The Morgan fingerprint density at radius 2 is 2.25 bits per heavy atom. The second-order valence-corrected chi connectivity index (χ2v) is 5.38. The third kappa shape index (κ3) is 4.31.